The second-order valence-corrected chi connectivity index (χ2v) is 12.6. The van der Waals surface area contributed by atoms with Crippen molar-refractivity contribution in [2.24, 2.45) is 17.8 Å². The first-order valence-electron chi connectivity index (χ1n) is 16.2. The number of carbonyl (C=O) groups excluding carboxylic acids is 1. The summed E-state index contributed by atoms with van der Waals surface area (Å²) < 4.78 is 0. The first kappa shape index (κ1) is 33.3. The van der Waals surface area contributed by atoms with Gasteiger partial charge in [0.1, 0.15) is 18.2 Å². The largest absolute Gasteiger partial charge is 0.394 e. The van der Waals surface area contributed by atoms with Crippen LogP contribution in [0.3, 0.4) is 0 Å². The minimum absolute atomic E-state index is 0.126. The third-order valence-electron chi connectivity index (χ3n) is 9.39. The Morgan fingerprint density at radius 2 is 1.80 bits per heavy atom. The zero-order valence-corrected chi connectivity index (χ0v) is 25.4. The van der Waals surface area contributed by atoms with Crippen molar-refractivity contribution in [1.82, 2.24) is 15.3 Å². The Morgan fingerprint density at radius 1 is 1.07 bits per heavy atom. The number of rotatable bonds is 14. The fourth-order valence-electron chi connectivity index (χ4n) is 6.86. The summed E-state index contributed by atoms with van der Waals surface area (Å²) in [5, 5.41) is 35.5. The lowest BCUT2D eigenvalue weighted by Crippen LogP contribution is -2.50. The van der Waals surface area contributed by atoms with E-state index < -0.39 is 30.3 Å². The van der Waals surface area contributed by atoms with Crippen molar-refractivity contribution in [1.29, 1.82) is 0 Å². The van der Waals surface area contributed by atoms with Gasteiger partial charge < -0.3 is 25.5 Å². The Balaban J connectivity index is 1.49. The predicted molar refractivity (Wildman–Crippen MR) is 158 cm³/mol. The molecule has 0 aromatic rings. The molecule has 8 heteroatoms. The van der Waals surface area contributed by atoms with E-state index in [4.69, 9.17) is 4.84 Å². The molecule has 3 aliphatic rings. The second-order valence-electron chi connectivity index (χ2n) is 12.6. The van der Waals surface area contributed by atoms with Gasteiger partial charge in [0.2, 0.25) is 5.91 Å². The summed E-state index contributed by atoms with van der Waals surface area (Å²) in [5.41, 5.74) is 0. The van der Waals surface area contributed by atoms with E-state index in [0.29, 0.717) is 31.0 Å². The normalized spacial score (nSPS) is 29.6. The number of carbonyl (C=O) groups is 1. The van der Waals surface area contributed by atoms with Crippen LogP contribution in [0.15, 0.2) is 0 Å². The topological polar surface area (TPSA) is 106 Å². The summed E-state index contributed by atoms with van der Waals surface area (Å²) in [5.74, 6) is 6.43. The van der Waals surface area contributed by atoms with Gasteiger partial charge in [-0.15, -0.1) is 0 Å². The first-order valence-corrected chi connectivity index (χ1v) is 16.2. The molecule has 0 aromatic carbocycles. The van der Waals surface area contributed by atoms with Crippen LogP contribution in [-0.2, 0) is 9.63 Å². The fourth-order valence-corrected chi connectivity index (χ4v) is 6.86. The van der Waals surface area contributed by atoms with E-state index >= 15 is 0 Å². The number of hydrogen-bond acceptors (Lipinski definition) is 7. The van der Waals surface area contributed by atoms with Gasteiger partial charge in [-0.1, -0.05) is 50.9 Å². The lowest BCUT2D eigenvalue weighted by molar-refractivity contribution is -0.183. The van der Waals surface area contributed by atoms with Gasteiger partial charge in [0.05, 0.1) is 12.7 Å². The van der Waals surface area contributed by atoms with E-state index in [1.54, 1.807) is 12.0 Å². The summed E-state index contributed by atoms with van der Waals surface area (Å²) >= 11 is 0. The molecule has 0 unspecified atom stereocenters. The van der Waals surface area contributed by atoms with Gasteiger partial charge >= 0.3 is 0 Å². The maximum Gasteiger partial charge on any atom is 0.240 e. The zero-order chi connectivity index (χ0) is 28.9. The average Bonchev–Trinajstić information content (AvgIpc) is 3.34. The Kier molecular flexibility index (Phi) is 14.7. The number of unbranched alkanes of at least 4 members (excludes halogenated alkanes) is 2. The van der Waals surface area contributed by atoms with Gasteiger partial charge in [-0.25, -0.2) is 0 Å². The average molecular weight is 564 g/mol. The Hall–Kier alpha value is -1.21. The quantitative estimate of drug-likeness (QED) is 0.189. The van der Waals surface area contributed by atoms with Crippen LogP contribution in [0, 0.1) is 29.6 Å². The molecule has 5 atom stereocenters. The number of aliphatic hydroxyl groups excluding tert-OH is 3. The Morgan fingerprint density at radius 3 is 2.45 bits per heavy atom. The van der Waals surface area contributed by atoms with Crippen molar-refractivity contribution >= 4 is 5.91 Å². The Bertz CT molecular complexity index is 785. The van der Waals surface area contributed by atoms with Crippen molar-refractivity contribution in [2.75, 3.05) is 33.3 Å². The highest BCUT2D eigenvalue weighted by molar-refractivity contribution is 5.82. The third-order valence-corrected chi connectivity index (χ3v) is 9.39. The predicted octanol–water partition coefficient (Wildman–Crippen LogP) is 3.48. The van der Waals surface area contributed by atoms with Crippen molar-refractivity contribution < 1.29 is 25.0 Å². The second kappa shape index (κ2) is 17.7. The van der Waals surface area contributed by atoms with Gasteiger partial charge in [0, 0.05) is 31.0 Å². The maximum absolute atomic E-state index is 13.4. The summed E-state index contributed by atoms with van der Waals surface area (Å²) in [6, 6.07) is 0.0362. The van der Waals surface area contributed by atoms with E-state index in [-0.39, 0.29) is 12.5 Å². The summed E-state index contributed by atoms with van der Waals surface area (Å²) in [7, 11) is 2.19. The smallest absolute Gasteiger partial charge is 0.240 e. The van der Waals surface area contributed by atoms with Crippen LogP contribution in [0.1, 0.15) is 104 Å². The highest BCUT2D eigenvalue weighted by Gasteiger charge is 2.49. The number of nitrogens with zero attached hydrogens (tertiary/aromatic N) is 2. The highest BCUT2D eigenvalue weighted by atomic mass is 16.7. The monoisotopic (exact) mass is 563 g/mol. The molecule has 0 bridgehead atoms. The standard InChI is InChI=1S/C32H57N3O5/c1-4-5-7-13-28(38)19-18-25-14-16-26(17-15-25)22-35-31(30(24(2)37)29(23-36)40-35)32(39)33-20-10-21-34(3)27-11-8-6-9-12-27/h24-31,36-38H,4-17,20-23H2,1-3H3,(H,33,39)/t24-,25?,26?,28-,29-,30+,31-/m0/s1. The highest BCUT2D eigenvalue weighted by Crippen LogP contribution is 2.35. The molecule has 3 rings (SSSR count). The summed E-state index contributed by atoms with van der Waals surface area (Å²) in [4.78, 5) is 22.0. The van der Waals surface area contributed by atoms with Gasteiger partial charge in [-0.3, -0.25) is 9.63 Å². The van der Waals surface area contributed by atoms with Crippen LogP contribution >= 0.6 is 0 Å². The molecule has 230 valence electrons. The van der Waals surface area contributed by atoms with E-state index in [2.05, 4.69) is 36.0 Å². The Labute approximate surface area is 243 Å². The fraction of sp³-hybridized carbons (Fsp3) is 0.906. The maximum atomic E-state index is 13.4. The molecule has 2 aliphatic carbocycles. The lowest BCUT2D eigenvalue weighted by atomic mass is 9.81. The van der Waals surface area contributed by atoms with E-state index in [1.807, 2.05) is 0 Å². The molecule has 0 aromatic heterocycles. The van der Waals surface area contributed by atoms with Crippen molar-refractivity contribution in [3.05, 3.63) is 0 Å². The number of aliphatic hydroxyl groups is 3. The molecule has 2 saturated carbocycles. The molecule has 1 amide bonds. The molecule has 8 nitrogen and oxygen atoms in total. The van der Waals surface area contributed by atoms with Crippen molar-refractivity contribution in [2.45, 2.75) is 134 Å². The molecular weight excluding hydrogens is 506 g/mol. The number of amides is 1. The molecule has 1 saturated heterocycles. The minimum Gasteiger partial charge on any atom is -0.394 e. The van der Waals surface area contributed by atoms with Gasteiger partial charge in [-0.05, 0) is 84.2 Å². The zero-order valence-electron chi connectivity index (χ0n) is 25.4. The number of nitrogens with one attached hydrogen (secondary N) is 1. The van der Waals surface area contributed by atoms with Crippen LogP contribution in [0.5, 0.6) is 0 Å². The van der Waals surface area contributed by atoms with Gasteiger partial charge in [0.25, 0.3) is 0 Å². The third kappa shape index (κ3) is 10.3. The van der Waals surface area contributed by atoms with E-state index in [0.717, 1.165) is 64.3 Å². The van der Waals surface area contributed by atoms with Crippen molar-refractivity contribution in [3.8, 4) is 11.8 Å². The lowest BCUT2D eigenvalue weighted by Gasteiger charge is -2.32. The van der Waals surface area contributed by atoms with Crippen LogP contribution in [0.2, 0.25) is 0 Å². The van der Waals surface area contributed by atoms with Gasteiger partial charge in [0.15, 0.2) is 0 Å². The molecule has 1 aliphatic heterocycles. The first-order chi connectivity index (χ1) is 19.3. The van der Waals surface area contributed by atoms with Crippen LogP contribution in [0.4, 0.5) is 0 Å². The van der Waals surface area contributed by atoms with Crippen molar-refractivity contribution in [3.63, 3.8) is 0 Å². The molecule has 0 radical (unpaired) electrons. The molecule has 40 heavy (non-hydrogen) atoms. The van der Waals surface area contributed by atoms with E-state index in [1.165, 1.54) is 32.1 Å². The minimum atomic E-state index is -0.773. The molecule has 0 spiro atoms. The molecule has 3 fully saturated rings. The van der Waals surface area contributed by atoms with Crippen LogP contribution < -0.4 is 5.32 Å². The number of hydroxylamine groups is 2. The molecular formula is C32H57N3O5. The van der Waals surface area contributed by atoms with E-state index in [9.17, 15) is 20.1 Å². The van der Waals surface area contributed by atoms with Crippen LogP contribution in [-0.4, -0.2) is 94.9 Å². The number of hydrogen-bond donors (Lipinski definition) is 4. The molecule has 1 heterocycles. The molecule has 4 N–H and O–H groups in total. The van der Waals surface area contributed by atoms with Crippen LogP contribution in [0.25, 0.3) is 0 Å². The SMILES string of the molecule is CCCCC[C@H](O)C#CC1CCC(CN2O[C@@H](CO)[C@@H]([C@H](C)O)[C@H]2C(=O)NCCCN(C)C2CCCCC2)CC1. The summed E-state index contributed by atoms with van der Waals surface area (Å²) in [6.45, 7) is 5.75. The van der Waals surface area contributed by atoms with Gasteiger partial charge in [-0.2, -0.15) is 5.06 Å². The summed E-state index contributed by atoms with van der Waals surface area (Å²) in [6.07, 6.45) is 13.5.